The van der Waals surface area contributed by atoms with E-state index >= 15 is 0 Å². The number of nitrogen functional groups attached to an aromatic ring is 6. The molecule has 12 N–H and O–H groups in total. The van der Waals surface area contributed by atoms with Crippen LogP contribution in [0.2, 0.25) is 15.5 Å². The fourth-order valence-corrected chi connectivity index (χ4v) is 13.4. The zero-order valence-electron chi connectivity index (χ0n) is 52.5. The van der Waals surface area contributed by atoms with Crippen LogP contribution in [-0.2, 0) is 0 Å². The van der Waals surface area contributed by atoms with Crippen LogP contribution in [0, 0.1) is 63.7 Å². The van der Waals surface area contributed by atoms with E-state index in [9.17, 15) is 58.0 Å². The number of nitrogens with zero attached hydrogens (tertiary/aromatic N) is 12. The van der Waals surface area contributed by atoms with Gasteiger partial charge in [-0.1, -0.05) is 34.8 Å². The van der Waals surface area contributed by atoms with Crippen LogP contribution in [0.4, 0.5) is 74.4 Å². The largest absolute Gasteiger partial charge is 0.396 e. The number of nitrogens with two attached hydrogens (primary N) is 6. The molecule has 0 amide bonds. The van der Waals surface area contributed by atoms with Crippen LogP contribution in [0.1, 0.15) is 0 Å². The number of hydrogen-bond donors (Lipinski definition) is 6. The summed E-state index contributed by atoms with van der Waals surface area (Å²) < 4.78 is 53.5. The SMILES string of the molecule is CSc1nc(-c2ccc(F)cc2)c(Br)c(N)c1N.CSc1nc(-c2ccc(F)cc2)c(Br)c(N)c1[N+](=O)[O-].CSc1nc(-c2ccc(F)cc2)c(Br)c2nccnc12.CSc1nc(-c2ccc(F)cc2)cc(N)c1[N+](=O)[O-].CSc1nc(Cl)cc(N)c1[N+](=O)[O-].Nc1cc(Cl)nc(Cl)c1[N+](=O)[O-]. The maximum atomic E-state index is 13.0. The summed E-state index contributed by atoms with van der Waals surface area (Å²) in [6, 6.07) is 27.5. The van der Waals surface area contributed by atoms with E-state index in [4.69, 9.17) is 69.2 Å². The molecule has 0 bridgehead atoms. The molecule has 0 radical (unpaired) electrons. The van der Waals surface area contributed by atoms with Crippen LogP contribution in [0.25, 0.3) is 56.1 Å². The molecular weight excluding hydrogens is 1700 g/mol. The Hall–Kier alpha value is -8.70. The molecule has 11 aromatic rings. The highest BCUT2D eigenvalue weighted by molar-refractivity contribution is 9.11. The maximum Gasteiger partial charge on any atom is 0.329 e. The summed E-state index contributed by atoms with van der Waals surface area (Å²) in [7, 11) is 0. The number of benzene rings is 4. The van der Waals surface area contributed by atoms with Crippen molar-refractivity contribution in [3.05, 3.63) is 220 Å². The first kappa shape index (κ1) is 82.3. The molecule has 0 atom stereocenters. The summed E-state index contributed by atoms with van der Waals surface area (Å²) in [6.07, 6.45) is 12.1. The van der Waals surface area contributed by atoms with Gasteiger partial charge in [-0.15, -0.1) is 58.8 Å². The van der Waals surface area contributed by atoms with E-state index < -0.39 is 25.4 Å². The van der Waals surface area contributed by atoms with Crippen LogP contribution in [-0.4, -0.2) is 90.8 Å². The second kappa shape index (κ2) is 38.0. The van der Waals surface area contributed by atoms with E-state index in [1.54, 1.807) is 67.6 Å². The van der Waals surface area contributed by atoms with Gasteiger partial charge in [0.05, 0.1) is 67.3 Å². The van der Waals surface area contributed by atoms with E-state index in [2.05, 4.69) is 87.7 Å². The fraction of sp³-hybridized carbons (Fsp3) is 0.0820. The Bertz CT molecular complexity index is 4920. The third-order valence-corrected chi connectivity index (χ3v) is 19.3. The van der Waals surface area contributed by atoms with Crippen molar-refractivity contribution in [2.45, 2.75) is 25.1 Å². The average molecular weight is 1740 g/mol. The maximum absolute atomic E-state index is 13.0. The Morgan fingerprint density at radius 2 is 0.696 bits per heavy atom. The molecule has 7 aromatic heterocycles. The highest BCUT2D eigenvalue weighted by Crippen LogP contribution is 2.43. The minimum atomic E-state index is -0.707. The Balaban J connectivity index is 0.000000194. The van der Waals surface area contributed by atoms with Crippen molar-refractivity contribution in [3.8, 4) is 45.0 Å². The number of aromatic nitrogens is 8. The van der Waals surface area contributed by atoms with Gasteiger partial charge in [0, 0.05) is 46.8 Å². The second-order valence-corrected chi connectivity index (χ2v) is 26.8. The quantitative estimate of drug-likeness (QED) is 0.0205. The van der Waals surface area contributed by atoms with Gasteiger partial charge in [-0.25, -0.2) is 47.5 Å². The Morgan fingerprint density at radius 1 is 0.373 bits per heavy atom. The number of hydrogen-bond acceptors (Lipinski definition) is 27. The van der Waals surface area contributed by atoms with Gasteiger partial charge in [-0.3, -0.25) is 50.4 Å². The van der Waals surface area contributed by atoms with Gasteiger partial charge in [0.2, 0.25) is 5.15 Å². The highest BCUT2D eigenvalue weighted by Gasteiger charge is 2.27. The Labute approximate surface area is 637 Å². The van der Waals surface area contributed by atoms with Gasteiger partial charge in [-0.05, 0) is 182 Å². The molecular formula is C61H48Br3Cl3F4N18O8S5. The summed E-state index contributed by atoms with van der Waals surface area (Å²) in [4.78, 5) is 73.8. The lowest BCUT2D eigenvalue weighted by Gasteiger charge is -2.12. The summed E-state index contributed by atoms with van der Waals surface area (Å²) in [5, 5.41) is 44.9. The lowest BCUT2D eigenvalue weighted by atomic mass is 10.1. The van der Waals surface area contributed by atoms with Crippen LogP contribution in [0.3, 0.4) is 0 Å². The third-order valence-electron chi connectivity index (χ3n) is 12.9. The predicted octanol–water partition coefficient (Wildman–Crippen LogP) is 18.6. The van der Waals surface area contributed by atoms with Gasteiger partial charge in [-0.2, -0.15) is 0 Å². The van der Waals surface area contributed by atoms with Crippen LogP contribution in [0.15, 0.2) is 166 Å². The molecule has 41 heteroatoms. The number of rotatable bonds is 13. The topological polar surface area (TPSA) is 432 Å². The normalized spacial score (nSPS) is 10.5. The monoisotopic (exact) mass is 1740 g/mol. The average Bonchev–Trinajstić information content (AvgIpc) is 0.809. The van der Waals surface area contributed by atoms with Crippen molar-refractivity contribution < 1.29 is 37.3 Å². The molecule has 11 rings (SSSR count). The number of fused-ring (bicyclic) bond motifs is 1. The molecule has 4 aromatic carbocycles. The fourth-order valence-electron chi connectivity index (χ4n) is 8.24. The van der Waals surface area contributed by atoms with E-state index in [1.165, 1.54) is 102 Å². The first-order chi connectivity index (χ1) is 48.3. The van der Waals surface area contributed by atoms with E-state index in [1.807, 2.05) is 12.5 Å². The first-order valence-corrected chi connectivity index (χ1v) is 37.2. The van der Waals surface area contributed by atoms with Crippen molar-refractivity contribution in [1.29, 1.82) is 0 Å². The Morgan fingerprint density at radius 3 is 1.10 bits per heavy atom. The van der Waals surface area contributed by atoms with Crippen molar-refractivity contribution in [2.75, 3.05) is 65.7 Å². The van der Waals surface area contributed by atoms with E-state index in [0.29, 0.717) is 53.6 Å². The number of anilines is 6. The molecule has 0 aliphatic rings. The van der Waals surface area contributed by atoms with Crippen molar-refractivity contribution >= 4 is 209 Å². The minimum Gasteiger partial charge on any atom is -0.396 e. The molecule has 530 valence electrons. The molecule has 0 unspecified atom stereocenters. The van der Waals surface area contributed by atoms with Crippen molar-refractivity contribution in [1.82, 2.24) is 39.9 Å². The van der Waals surface area contributed by atoms with Gasteiger partial charge in [0.1, 0.15) is 77.4 Å². The molecule has 0 saturated heterocycles. The minimum absolute atomic E-state index is 0.00803. The summed E-state index contributed by atoms with van der Waals surface area (Å²) in [5.74, 6) is -1.28. The number of thioether (sulfide) groups is 5. The molecule has 0 fully saturated rings. The summed E-state index contributed by atoms with van der Waals surface area (Å²) >= 11 is 32.9. The zero-order valence-corrected chi connectivity index (χ0v) is 63.7. The predicted molar refractivity (Wildman–Crippen MR) is 410 cm³/mol. The number of pyridine rings is 6. The van der Waals surface area contributed by atoms with Crippen LogP contribution >= 0.6 is 141 Å². The summed E-state index contributed by atoms with van der Waals surface area (Å²) in [6.45, 7) is 0. The third kappa shape index (κ3) is 21.0. The lowest BCUT2D eigenvalue weighted by Crippen LogP contribution is -2.03. The van der Waals surface area contributed by atoms with Gasteiger partial charge < -0.3 is 34.4 Å². The second-order valence-electron chi connectivity index (χ2n) is 19.3. The molecule has 7 heterocycles. The van der Waals surface area contributed by atoms with E-state index in [0.717, 1.165) is 72.6 Å². The van der Waals surface area contributed by atoms with Crippen LogP contribution < -0.4 is 34.4 Å². The van der Waals surface area contributed by atoms with Crippen molar-refractivity contribution in [3.63, 3.8) is 0 Å². The molecule has 0 saturated carbocycles. The standard InChI is InChI=1S/C14H9BrFN3S.C12H9BrFN3O2S.C12H11BrFN3S.C12H10FN3O2S.C6H6ClN3O2S.C5H3Cl2N3O2/c1-20-14-13-12(17-6-7-18-13)10(15)11(19-14)8-2-4-9(16)5-3-8;1-20-12-11(17(18)19)9(15)8(13)10(16-12)6-2-4-7(14)5-3-6;1-18-12-10(16)9(15)8(13)11(17-12)6-2-4-7(14)5-3-6;1-19-12-11(16(17)18)9(14)6-10(15-12)7-2-4-8(13)5-3-7;1-13-6-5(10(11)12)3(8)2-4(7)9-6;6-3-1-2(8)4(10(11)12)5(7)9-3/h2-7H,1H3;2-5H,1H3,(H2,15,16);2-5H,16H2,1H3,(H2,15,17);2-6H,1H3,(H2,14,15);2H,1H3,(H2,8,9);1H,(H2,8,9). The number of nitro groups is 4. The van der Waals surface area contributed by atoms with Gasteiger partial charge in [0.15, 0.2) is 15.1 Å². The zero-order chi connectivity index (χ0) is 75.6. The van der Waals surface area contributed by atoms with Gasteiger partial charge >= 0.3 is 22.7 Å². The van der Waals surface area contributed by atoms with Crippen LogP contribution in [0.5, 0.6) is 0 Å². The van der Waals surface area contributed by atoms with E-state index in [-0.39, 0.29) is 93.6 Å². The van der Waals surface area contributed by atoms with Crippen molar-refractivity contribution in [2.24, 2.45) is 0 Å². The number of halogens is 10. The molecule has 0 spiro atoms. The molecule has 0 aliphatic carbocycles. The molecule has 102 heavy (non-hydrogen) atoms. The van der Waals surface area contributed by atoms with Gasteiger partial charge in [0.25, 0.3) is 0 Å². The smallest absolute Gasteiger partial charge is 0.329 e. The first-order valence-electron chi connectivity index (χ1n) is 27.5. The molecule has 0 aliphatic heterocycles. The highest BCUT2D eigenvalue weighted by atomic mass is 79.9. The summed E-state index contributed by atoms with van der Waals surface area (Å²) in [5.41, 5.74) is 40.6. The Kier molecular flexibility index (Phi) is 30.6. The lowest BCUT2D eigenvalue weighted by molar-refractivity contribution is -0.387. The molecule has 26 nitrogen and oxygen atoms in total.